The number of unbranched alkanes of at least 4 members (excludes halogenated alkanes) is 6. The van der Waals surface area contributed by atoms with Crippen LogP contribution in [0.2, 0.25) is 0 Å². The highest BCUT2D eigenvalue weighted by Crippen LogP contribution is 2.17. The zero-order chi connectivity index (χ0) is 25.0. The molecule has 0 saturated carbocycles. The molecule has 0 spiro atoms. The van der Waals surface area contributed by atoms with Gasteiger partial charge in [-0.15, -0.1) is 0 Å². The molecule has 1 rings (SSSR count). The second-order valence-electron chi connectivity index (χ2n) is 8.02. The van der Waals surface area contributed by atoms with Gasteiger partial charge in [-0.3, -0.25) is 14.4 Å². The lowest BCUT2D eigenvalue weighted by Crippen LogP contribution is -2.32. The van der Waals surface area contributed by atoms with E-state index in [1.54, 1.807) is 0 Å². The Morgan fingerprint density at radius 2 is 1.56 bits per heavy atom. The molecule has 9 heteroatoms. The number of amides is 2. The number of ether oxygens (including phenoxy) is 3. The summed E-state index contributed by atoms with van der Waals surface area (Å²) in [7, 11) is 1.39. The van der Waals surface area contributed by atoms with Crippen molar-refractivity contribution in [3.8, 4) is 5.75 Å². The van der Waals surface area contributed by atoms with E-state index in [1.807, 2.05) is 0 Å². The van der Waals surface area contributed by atoms with Crippen molar-refractivity contribution in [1.29, 1.82) is 0 Å². The number of hydrogen-bond donors (Lipinski definition) is 2. The van der Waals surface area contributed by atoms with Crippen LogP contribution < -0.4 is 15.4 Å². The minimum Gasteiger partial charge on any atom is -0.494 e. The number of carbonyl (C=O) groups excluding carboxylic acids is 3. The fourth-order valence-corrected chi connectivity index (χ4v) is 3.08. The van der Waals surface area contributed by atoms with Crippen LogP contribution in [0.4, 0.5) is 0 Å². The van der Waals surface area contributed by atoms with Crippen LogP contribution in [-0.2, 0) is 14.3 Å². The highest BCUT2D eigenvalue weighted by atomic mass is 16.5. The number of aromatic nitrogens is 1. The molecule has 0 fully saturated rings. The van der Waals surface area contributed by atoms with Gasteiger partial charge in [-0.25, -0.2) is 4.98 Å². The van der Waals surface area contributed by atoms with Gasteiger partial charge in [0.25, 0.3) is 11.8 Å². The molecule has 0 unspecified atom stereocenters. The van der Waals surface area contributed by atoms with E-state index in [-0.39, 0.29) is 29.5 Å². The Bertz CT molecular complexity index is 741. The topological polar surface area (TPSA) is 116 Å². The molecule has 0 aliphatic carbocycles. The first-order valence-electron chi connectivity index (χ1n) is 12.4. The summed E-state index contributed by atoms with van der Waals surface area (Å²) in [4.78, 5) is 40.7. The van der Waals surface area contributed by atoms with Crippen LogP contribution in [0.5, 0.6) is 5.75 Å². The number of rotatable bonds is 19. The van der Waals surface area contributed by atoms with Crippen molar-refractivity contribution >= 4 is 17.8 Å². The summed E-state index contributed by atoms with van der Waals surface area (Å²) in [6.07, 6.45) is 10.7. The second kappa shape index (κ2) is 18.7. The normalized spacial score (nSPS) is 10.6. The summed E-state index contributed by atoms with van der Waals surface area (Å²) in [6, 6.07) is 1.45. The Morgan fingerprint density at radius 1 is 0.853 bits per heavy atom. The molecule has 0 aliphatic rings. The Kier molecular flexibility index (Phi) is 16.2. The maximum Gasteiger partial charge on any atom is 0.325 e. The number of esters is 1. The van der Waals surface area contributed by atoms with Crippen molar-refractivity contribution in [3.63, 3.8) is 0 Å². The Morgan fingerprint density at radius 3 is 2.29 bits per heavy atom. The summed E-state index contributed by atoms with van der Waals surface area (Å²) in [5.74, 6) is -1.25. The standard InChI is InChI=1S/C25H41N3O6/c1-4-6-8-9-10-11-16-34-22(29)19-28-25(31)23-21(32-3)17-20(18-27-23)24(30)26-13-12-15-33-14-7-5-2/h17-18H,4-16,19H2,1-3H3,(H,26,30)(H,28,31). The number of pyridine rings is 1. The van der Waals surface area contributed by atoms with Crippen molar-refractivity contribution in [3.05, 3.63) is 23.5 Å². The van der Waals surface area contributed by atoms with Crippen LogP contribution in [-0.4, -0.2) is 62.8 Å². The molecule has 0 saturated heterocycles. The molecule has 2 amide bonds. The maximum atomic E-state index is 12.4. The predicted octanol–water partition coefficient (Wildman–Crippen LogP) is 3.66. The van der Waals surface area contributed by atoms with Crippen molar-refractivity contribution in [2.24, 2.45) is 0 Å². The maximum absolute atomic E-state index is 12.4. The minimum absolute atomic E-state index is 0.00732. The number of carbonyl (C=O) groups is 3. The number of methoxy groups -OCH3 is 1. The Labute approximate surface area is 203 Å². The largest absolute Gasteiger partial charge is 0.494 e. The Hall–Kier alpha value is -2.68. The summed E-state index contributed by atoms with van der Waals surface area (Å²) in [6.45, 7) is 6.14. The molecule has 192 valence electrons. The fraction of sp³-hybridized carbons (Fsp3) is 0.680. The predicted molar refractivity (Wildman–Crippen MR) is 130 cm³/mol. The molecule has 0 bridgehead atoms. The van der Waals surface area contributed by atoms with Crippen molar-refractivity contribution in [2.45, 2.75) is 71.6 Å². The molecule has 9 nitrogen and oxygen atoms in total. The third-order valence-electron chi connectivity index (χ3n) is 5.10. The third kappa shape index (κ3) is 12.5. The van der Waals surface area contributed by atoms with Gasteiger partial charge in [0.15, 0.2) is 11.4 Å². The van der Waals surface area contributed by atoms with Gasteiger partial charge in [0, 0.05) is 26.0 Å². The van der Waals surface area contributed by atoms with E-state index in [0.717, 1.165) is 38.7 Å². The molecule has 1 heterocycles. The summed E-state index contributed by atoms with van der Waals surface area (Å²) in [5.41, 5.74) is 0.269. The number of hydrogen-bond acceptors (Lipinski definition) is 7. The van der Waals surface area contributed by atoms with Crippen molar-refractivity contribution < 1.29 is 28.6 Å². The molecule has 0 aromatic carbocycles. The molecule has 0 atom stereocenters. The van der Waals surface area contributed by atoms with Crippen LogP contribution >= 0.6 is 0 Å². The van der Waals surface area contributed by atoms with Gasteiger partial charge in [-0.1, -0.05) is 52.4 Å². The molecule has 34 heavy (non-hydrogen) atoms. The van der Waals surface area contributed by atoms with Gasteiger partial charge in [0.05, 0.1) is 19.3 Å². The quantitative estimate of drug-likeness (QED) is 0.230. The highest BCUT2D eigenvalue weighted by Gasteiger charge is 2.18. The lowest BCUT2D eigenvalue weighted by atomic mass is 10.1. The number of nitrogens with one attached hydrogen (secondary N) is 2. The SMILES string of the molecule is CCCCCCCCOC(=O)CNC(=O)c1ncc(C(=O)NCCCOCCCC)cc1OC. The van der Waals surface area contributed by atoms with E-state index >= 15 is 0 Å². The number of nitrogens with zero attached hydrogens (tertiary/aromatic N) is 1. The van der Waals surface area contributed by atoms with E-state index in [0.29, 0.717) is 26.2 Å². The van der Waals surface area contributed by atoms with Crippen molar-refractivity contribution in [2.75, 3.05) is 40.0 Å². The molecular formula is C25H41N3O6. The third-order valence-corrected chi connectivity index (χ3v) is 5.10. The van der Waals surface area contributed by atoms with Gasteiger partial charge in [-0.05, 0) is 25.3 Å². The second-order valence-corrected chi connectivity index (χ2v) is 8.02. The van der Waals surface area contributed by atoms with Crippen LogP contribution in [0.1, 0.15) is 92.5 Å². The average Bonchev–Trinajstić information content (AvgIpc) is 2.85. The van der Waals surface area contributed by atoms with E-state index in [1.165, 1.54) is 38.6 Å². The zero-order valence-electron chi connectivity index (χ0n) is 21.0. The highest BCUT2D eigenvalue weighted by molar-refractivity contribution is 5.99. The first-order valence-corrected chi connectivity index (χ1v) is 12.4. The van der Waals surface area contributed by atoms with Crippen LogP contribution in [0, 0.1) is 0 Å². The van der Waals surface area contributed by atoms with Crippen LogP contribution in [0.15, 0.2) is 12.3 Å². The van der Waals surface area contributed by atoms with Crippen LogP contribution in [0.3, 0.4) is 0 Å². The van der Waals surface area contributed by atoms with Gasteiger partial charge in [0.1, 0.15) is 6.54 Å². The van der Waals surface area contributed by atoms with Gasteiger partial charge in [-0.2, -0.15) is 0 Å². The van der Waals surface area contributed by atoms with Crippen LogP contribution in [0.25, 0.3) is 0 Å². The molecule has 2 N–H and O–H groups in total. The molecule has 1 aromatic heterocycles. The molecule has 1 aromatic rings. The van der Waals surface area contributed by atoms with Gasteiger partial charge >= 0.3 is 5.97 Å². The lowest BCUT2D eigenvalue weighted by Gasteiger charge is -2.11. The first-order chi connectivity index (χ1) is 16.5. The van der Waals surface area contributed by atoms with E-state index < -0.39 is 11.9 Å². The van der Waals surface area contributed by atoms with E-state index in [9.17, 15) is 14.4 Å². The zero-order valence-corrected chi connectivity index (χ0v) is 21.0. The smallest absolute Gasteiger partial charge is 0.325 e. The minimum atomic E-state index is -0.579. The molecule has 0 aliphatic heterocycles. The van der Waals surface area contributed by atoms with E-state index in [4.69, 9.17) is 14.2 Å². The monoisotopic (exact) mass is 479 g/mol. The van der Waals surface area contributed by atoms with E-state index in [2.05, 4.69) is 29.5 Å². The summed E-state index contributed by atoms with van der Waals surface area (Å²) in [5, 5.41) is 5.28. The van der Waals surface area contributed by atoms with Crippen molar-refractivity contribution in [1.82, 2.24) is 15.6 Å². The lowest BCUT2D eigenvalue weighted by molar-refractivity contribution is -0.142. The van der Waals surface area contributed by atoms with Gasteiger partial charge in [0.2, 0.25) is 0 Å². The molecular weight excluding hydrogens is 438 g/mol. The average molecular weight is 480 g/mol. The summed E-state index contributed by atoms with van der Waals surface area (Å²) >= 11 is 0. The summed E-state index contributed by atoms with van der Waals surface area (Å²) < 4.78 is 15.8. The first kappa shape index (κ1) is 29.4. The van der Waals surface area contributed by atoms with Gasteiger partial charge < -0.3 is 24.8 Å². The Balaban J connectivity index is 2.39. The fourth-order valence-electron chi connectivity index (χ4n) is 3.08. The molecule has 0 radical (unpaired) electrons.